The van der Waals surface area contributed by atoms with Gasteiger partial charge >= 0.3 is 124 Å². The Morgan fingerprint density at radius 2 is 2.15 bits per heavy atom. The molecule has 1 aromatic rings. The minimum absolute atomic E-state index is 0.183. The van der Waals surface area contributed by atoms with Crippen LogP contribution in [0.4, 0.5) is 4.79 Å². The van der Waals surface area contributed by atoms with Gasteiger partial charge < -0.3 is 0 Å². The van der Waals surface area contributed by atoms with Crippen LogP contribution >= 0.6 is 0 Å². The van der Waals surface area contributed by atoms with E-state index in [0.717, 1.165) is 0 Å². The normalized spacial score (nSPS) is 10.6. The molecule has 0 saturated heterocycles. The molecule has 0 fully saturated rings. The third-order valence-electron chi connectivity index (χ3n) is 2.38. The second-order valence-corrected chi connectivity index (χ2v) is 6.28. The zero-order valence-electron chi connectivity index (χ0n) is 11.8. The van der Waals surface area contributed by atoms with Gasteiger partial charge in [0.2, 0.25) is 0 Å². The van der Waals surface area contributed by atoms with Gasteiger partial charge in [0.05, 0.1) is 0 Å². The Balaban J connectivity index is 2.98. The summed E-state index contributed by atoms with van der Waals surface area (Å²) in [5.41, 5.74) is 0.310. The standard InChI is InChI=1S/C13H18AsNO5/c1-5-7-20-13(17)14-9-8-15(3)10(11(9)18-4)12(16)19-6-2/h5,8,14H,1,6-7H2,2-4H3. The van der Waals surface area contributed by atoms with Crippen molar-refractivity contribution in [3.63, 3.8) is 0 Å². The Bertz CT molecular complexity index is 509. The molecule has 0 aliphatic carbocycles. The van der Waals surface area contributed by atoms with E-state index in [1.165, 1.54) is 13.2 Å². The first-order chi connectivity index (χ1) is 9.54. The zero-order valence-corrected chi connectivity index (χ0v) is 13.9. The number of aromatic nitrogens is 1. The number of carbonyl (C=O) groups excluding carboxylic acids is 2. The molecule has 7 heteroatoms. The number of hydrogen-bond acceptors (Lipinski definition) is 5. The molecular weight excluding hydrogens is 325 g/mol. The molecule has 0 saturated carbocycles. The van der Waals surface area contributed by atoms with E-state index in [2.05, 4.69) is 6.58 Å². The Labute approximate surface area is 124 Å². The van der Waals surface area contributed by atoms with Gasteiger partial charge in [0, 0.05) is 0 Å². The van der Waals surface area contributed by atoms with E-state index in [1.54, 1.807) is 24.7 Å². The molecule has 1 rings (SSSR count). The molecule has 0 amide bonds. The van der Waals surface area contributed by atoms with Crippen molar-refractivity contribution >= 4 is 30.8 Å². The summed E-state index contributed by atoms with van der Waals surface area (Å²) in [6.07, 6.45) is 3.22. The van der Waals surface area contributed by atoms with Gasteiger partial charge in [-0.15, -0.1) is 0 Å². The van der Waals surface area contributed by atoms with E-state index >= 15 is 0 Å². The molecule has 0 bridgehead atoms. The third-order valence-corrected chi connectivity index (χ3v) is 4.42. The van der Waals surface area contributed by atoms with Crippen LogP contribution in [0, 0.1) is 0 Å². The van der Waals surface area contributed by atoms with Crippen LogP contribution in [-0.2, 0) is 16.5 Å². The summed E-state index contributed by atoms with van der Waals surface area (Å²) in [7, 11) is 3.17. The summed E-state index contributed by atoms with van der Waals surface area (Å²) < 4.78 is 17.2. The van der Waals surface area contributed by atoms with Gasteiger partial charge in [0.25, 0.3) is 0 Å². The molecule has 0 aliphatic rings. The van der Waals surface area contributed by atoms with Crippen LogP contribution in [-0.4, -0.2) is 51.4 Å². The number of aryl methyl sites for hydroxylation is 1. The predicted octanol–water partition coefficient (Wildman–Crippen LogP) is 0.595. The second-order valence-electron chi connectivity index (χ2n) is 3.77. The van der Waals surface area contributed by atoms with Gasteiger partial charge in [-0.25, -0.2) is 0 Å². The third kappa shape index (κ3) is 3.90. The topological polar surface area (TPSA) is 66.8 Å². The van der Waals surface area contributed by atoms with Crippen LogP contribution in [0.3, 0.4) is 0 Å². The van der Waals surface area contributed by atoms with Gasteiger partial charge in [0.1, 0.15) is 0 Å². The first kappa shape index (κ1) is 16.4. The molecule has 110 valence electrons. The molecule has 0 aromatic carbocycles. The second kappa shape index (κ2) is 7.80. The van der Waals surface area contributed by atoms with E-state index in [9.17, 15) is 9.59 Å². The van der Waals surface area contributed by atoms with Crippen LogP contribution in [0.1, 0.15) is 17.4 Å². The monoisotopic (exact) mass is 343 g/mol. The predicted molar refractivity (Wildman–Crippen MR) is 76.2 cm³/mol. The fourth-order valence-corrected chi connectivity index (χ4v) is 3.65. The molecular formula is C13H18AsNO5. The minimum atomic E-state index is -1.22. The van der Waals surface area contributed by atoms with Crippen molar-refractivity contribution in [2.24, 2.45) is 7.05 Å². The summed E-state index contributed by atoms with van der Waals surface area (Å²) in [4.78, 5) is 23.5. The van der Waals surface area contributed by atoms with Crippen molar-refractivity contribution in [3.05, 3.63) is 24.5 Å². The number of nitrogens with zero attached hydrogens (tertiary/aromatic N) is 1. The van der Waals surface area contributed by atoms with E-state index in [4.69, 9.17) is 14.2 Å². The Hall–Kier alpha value is -1.68. The average molecular weight is 343 g/mol. The average Bonchev–Trinajstić information content (AvgIpc) is 2.72. The Morgan fingerprint density at radius 1 is 1.45 bits per heavy atom. The first-order valence-electron chi connectivity index (χ1n) is 6.00. The number of rotatable bonds is 7. The SMILES string of the molecule is C=CCOC(=O)[AsH]c1cn(C)c(C(=O)OCC)c1OC. The van der Waals surface area contributed by atoms with Crippen LogP contribution in [0.5, 0.6) is 5.75 Å². The zero-order chi connectivity index (χ0) is 15.1. The van der Waals surface area contributed by atoms with Gasteiger partial charge in [-0.05, 0) is 0 Å². The molecule has 0 radical (unpaired) electrons. The Morgan fingerprint density at radius 3 is 2.70 bits per heavy atom. The molecule has 0 N–H and O–H groups in total. The van der Waals surface area contributed by atoms with Crippen molar-refractivity contribution in [1.29, 1.82) is 0 Å². The van der Waals surface area contributed by atoms with E-state index in [0.29, 0.717) is 15.8 Å². The molecule has 1 aromatic heterocycles. The first-order valence-corrected chi connectivity index (χ1v) is 8.10. The molecule has 0 aliphatic heterocycles. The number of ether oxygens (including phenoxy) is 3. The number of carbonyl (C=O) groups is 2. The summed E-state index contributed by atoms with van der Waals surface area (Å²) in [5, 5.41) is 0. The quantitative estimate of drug-likeness (QED) is 0.412. The van der Waals surface area contributed by atoms with Crippen LogP contribution < -0.4 is 9.09 Å². The summed E-state index contributed by atoms with van der Waals surface area (Å²) >= 11 is -1.22. The molecule has 6 nitrogen and oxygen atoms in total. The van der Waals surface area contributed by atoms with Crippen LogP contribution in [0.25, 0.3) is 0 Å². The molecule has 1 heterocycles. The van der Waals surface area contributed by atoms with Crippen molar-refractivity contribution in [1.82, 2.24) is 4.57 Å². The number of hydrogen-bond donors (Lipinski definition) is 0. The van der Waals surface area contributed by atoms with Gasteiger partial charge in [-0.1, -0.05) is 0 Å². The van der Waals surface area contributed by atoms with Crippen molar-refractivity contribution in [2.45, 2.75) is 6.92 Å². The summed E-state index contributed by atoms with van der Waals surface area (Å²) in [5.74, 6) is -0.0781. The number of esters is 1. The maximum atomic E-state index is 11.9. The number of methoxy groups -OCH3 is 1. The molecule has 1 unspecified atom stereocenters. The van der Waals surface area contributed by atoms with Crippen LogP contribution in [0.2, 0.25) is 0 Å². The fourth-order valence-electron chi connectivity index (χ4n) is 1.62. The van der Waals surface area contributed by atoms with Crippen molar-refractivity contribution < 1.29 is 23.8 Å². The fraction of sp³-hybridized carbons (Fsp3) is 0.385. The van der Waals surface area contributed by atoms with Crippen molar-refractivity contribution in [2.75, 3.05) is 20.3 Å². The summed E-state index contributed by atoms with van der Waals surface area (Å²) in [6.45, 7) is 5.67. The van der Waals surface area contributed by atoms with Gasteiger partial charge in [-0.3, -0.25) is 0 Å². The van der Waals surface area contributed by atoms with E-state index < -0.39 is 21.7 Å². The summed E-state index contributed by atoms with van der Waals surface area (Å²) in [6, 6.07) is 0. The maximum absolute atomic E-state index is 11.9. The van der Waals surface area contributed by atoms with E-state index in [1.807, 2.05) is 0 Å². The molecule has 0 spiro atoms. The van der Waals surface area contributed by atoms with Crippen molar-refractivity contribution in [3.8, 4) is 5.75 Å². The molecule has 20 heavy (non-hydrogen) atoms. The molecule has 1 atom stereocenters. The van der Waals surface area contributed by atoms with Crippen LogP contribution in [0.15, 0.2) is 18.9 Å². The van der Waals surface area contributed by atoms with Gasteiger partial charge in [-0.2, -0.15) is 0 Å². The van der Waals surface area contributed by atoms with E-state index in [-0.39, 0.29) is 18.0 Å². The Kier molecular flexibility index (Phi) is 6.38. The van der Waals surface area contributed by atoms with Gasteiger partial charge in [0.15, 0.2) is 0 Å².